The van der Waals surface area contributed by atoms with Gasteiger partial charge in [-0.1, -0.05) is 22.4 Å². The number of halogens is 1. The summed E-state index contributed by atoms with van der Waals surface area (Å²) < 4.78 is 0. The van der Waals surface area contributed by atoms with Gasteiger partial charge in [-0.2, -0.15) is 0 Å². The van der Waals surface area contributed by atoms with Gasteiger partial charge in [-0.05, 0) is 38.3 Å². The Morgan fingerprint density at radius 2 is 2.12 bits per heavy atom. The molecule has 0 saturated carbocycles. The summed E-state index contributed by atoms with van der Waals surface area (Å²) in [6.07, 6.45) is 3.39. The summed E-state index contributed by atoms with van der Waals surface area (Å²) in [6, 6.07) is 1.97. The van der Waals surface area contributed by atoms with Crippen molar-refractivity contribution in [3.63, 3.8) is 0 Å². The Morgan fingerprint density at radius 1 is 1.38 bits per heavy atom. The van der Waals surface area contributed by atoms with E-state index in [0.717, 1.165) is 29.6 Å². The van der Waals surface area contributed by atoms with Crippen molar-refractivity contribution in [3.8, 4) is 0 Å². The Morgan fingerprint density at radius 3 is 2.69 bits per heavy atom. The van der Waals surface area contributed by atoms with Crippen LogP contribution < -0.4 is 5.32 Å². The summed E-state index contributed by atoms with van der Waals surface area (Å²) in [5.41, 5.74) is 1.20. The molecule has 0 aromatic carbocycles. The maximum absolute atomic E-state index is 11.7. The number of hydrogen-bond donors (Lipinski definition) is 1. The number of unbranched alkanes of at least 4 members (excludes halogenated alkanes) is 2. The number of hydrogen-bond acceptors (Lipinski definition) is 2. The third-order valence-electron chi connectivity index (χ3n) is 2.49. The van der Waals surface area contributed by atoms with E-state index >= 15 is 0 Å². The second-order valence-electron chi connectivity index (χ2n) is 3.86. The molecule has 0 aliphatic heterocycles. The highest BCUT2D eigenvalue weighted by Crippen LogP contribution is 2.20. The highest BCUT2D eigenvalue weighted by molar-refractivity contribution is 9.09. The number of alkyl halides is 1. The molecule has 2 nitrogen and oxygen atoms in total. The molecule has 0 unspecified atom stereocenters. The summed E-state index contributed by atoms with van der Waals surface area (Å²) in [5, 5.41) is 4.00. The van der Waals surface area contributed by atoms with Crippen molar-refractivity contribution in [2.75, 3.05) is 11.9 Å². The number of rotatable bonds is 6. The lowest BCUT2D eigenvalue weighted by atomic mass is 10.2. The van der Waals surface area contributed by atoms with Crippen LogP contribution in [0.3, 0.4) is 0 Å². The number of carbonyl (C=O) groups is 1. The van der Waals surface area contributed by atoms with Gasteiger partial charge in [-0.15, -0.1) is 11.3 Å². The van der Waals surface area contributed by atoms with E-state index in [0.29, 0.717) is 0 Å². The van der Waals surface area contributed by atoms with Crippen LogP contribution in [-0.2, 0) is 0 Å². The van der Waals surface area contributed by atoms with Crippen LogP contribution in [0.5, 0.6) is 0 Å². The minimum absolute atomic E-state index is 0.0695. The summed E-state index contributed by atoms with van der Waals surface area (Å²) in [4.78, 5) is 13.8. The van der Waals surface area contributed by atoms with E-state index in [1.165, 1.54) is 16.9 Å². The van der Waals surface area contributed by atoms with E-state index in [9.17, 15) is 4.79 Å². The van der Waals surface area contributed by atoms with Crippen LogP contribution in [0.4, 0.5) is 0 Å². The van der Waals surface area contributed by atoms with Crippen LogP contribution in [0.25, 0.3) is 0 Å². The first-order valence-electron chi connectivity index (χ1n) is 5.56. The highest BCUT2D eigenvalue weighted by Gasteiger charge is 2.09. The normalized spacial score (nSPS) is 10.4. The highest BCUT2D eigenvalue weighted by atomic mass is 79.9. The summed E-state index contributed by atoms with van der Waals surface area (Å²) in [7, 11) is 0. The second-order valence-corrected chi connectivity index (χ2v) is 5.90. The van der Waals surface area contributed by atoms with Gasteiger partial charge >= 0.3 is 0 Å². The predicted octanol–water partition coefficient (Wildman–Crippen LogP) is 3.66. The lowest BCUT2D eigenvalue weighted by Gasteiger charge is -2.02. The molecule has 4 heteroatoms. The van der Waals surface area contributed by atoms with Gasteiger partial charge in [-0.3, -0.25) is 4.79 Å². The molecule has 1 heterocycles. The van der Waals surface area contributed by atoms with Crippen LogP contribution in [0.2, 0.25) is 0 Å². The Bertz CT molecular complexity index is 329. The Kier molecular flexibility index (Phi) is 6.06. The molecule has 1 N–H and O–H groups in total. The van der Waals surface area contributed by atoms with E-state index in [-0.39, 0.29) is 5.91 Å². The van der Waals surface area contributed by atoms with Gasteiger partial charge < -0.3 is 5.32 Å². The van der Waals surface area contributed by atoms with Gasteiger partial charge in [0, 0.05) is 16.8 Å². The molecule has 0 radical (unpaired) electrons. The van der Waals surface area contributed by atoms with E-state index in [2.05, 4.69) is 21.2 Å². The number of carbonyl (C=O) groups excluding carboxylic acids is 1. The summed E-state index contributed by atoms with van der Waals surface area (Å²) in [5.74, 6) is 0.0695. The van der Waals surface area contributed by atoms with Crippen LogP contribution in [-0.4, -0.2) is 17.8 Å². The molecule has 1 aromatic rings. The molecule has 0 aliphatic carbocycles. The molecule has 1 aromatic heterocycles. The van der Waals surface area contributed by atoms with Gasteiger partial charge in [0.2, 0.25) is 0 Å². The van der Waals surface area contributed by atoms with Crippen LogP contribution >= 0.6 is 27.3 Å². The minimum atomic E-state index is 0.0695. The number of aryl methyl sites for hydroxylation is 2. The second kappa shape index (κ2) is 7.07. The lowest BCUT2D eigenvalue weighted by molar-refractivity contribution is 0.0957. The van der Waals surface area contributed by atoms with E-state index in [1.54, 1.807) is 11.3 Å². The molecule has 1 rings (SSSR count). The van der Waals surface area contributed by atoms with Crippen molar-refractivity contribution < 1.29 is 4.79 Å². The summed E-state index contributed by atoms with van der Waals surface area (Å²) in [6.45, 7) is 4.87. The fourth-order valence-corrected chi connectivity index (χ4v) is 2.72. The van der Waals surface area contributed by atoms with Gasteiger partial charge in [-0.25, -0.2) is 0 Å². The van der Waals surface area contributed by atoms with Crippen LogP contribution in [0.15, 0.2) is 6.07 Å². The van der Waals surface area contributed by atoms with Crippen LogP contribution in [0.1, 0.15) is 39.4 Å². The van der Waals surface area contributed by atoms with Crippen molar-refractivity contribution in [1.82, 2.24) is 5.32 Å². The predicted molar refractivity (Wildman–Crippen MR) is 73.8 cm³/mol. The van der Waals surface area contributed by atoms with E-state index in [1.807, 2.05) is 19.9 Å². The first kappa shape index (κ1) is 13.7. The SMILES string of the molecule is Cc1cc(C(=O)NCCCCCBr)sc1C. The molecule has 0 fully saturated rings. The summed E-state index contributed by atoms with van der Waals surface area (Å²) >= 11 is 4.96. The molecule has 0 bridgehead atoms. The van der Waals surface area contributed by atoms with Gasteiger partial charge in [0.15, 0.2) is 0 Å². The molecule has 0 saturated heterocycles. The topological polar surface area (TPSA) is 29.1 Å². The average molecular weight is 304 g/mol. The molecular formula is C12H18BrNOS. The Hall–Kier alpha value is -0.350. The first-order valence-corrected chi connectivity index (χ1v) is 7.50. The molecular weight excluding hydrogens is 286 g/mol. The van der Waals surface area contributed by atoms with E-state index in [4.69, 9.17) is 0 Å². The maximum atomic E-state index is 11.7. The quantitative estimate of drug-likeness (QED) is 0.630. The fraction of sp³-hybridized carbons (Fsp3) is 0.583. The Labute approximate surface area is 110 Å². The zero-order valence-corrected chi connectivity index (χ0v) is 12.2. The van der Waals surface area contributed by atoms with Gasteiger partial charge in [0.1, 0.15) is 0 Å². The van der Waals surface area contributed by atoms with Crippen molar-refractivity contribution in [2.45, 2.75) is 33.1 Å². The zero-order chi connectivity index (χ0) is 12.0. The lowest BCUT2D eigenvalue weighted by Crippen LogP contribution is -2.23. The smallest absolute Gasteiger partial charge is 0.261 e. The van der Waals surface area contributed by atoms with Gasteiger partial charge in [0.25, 0.3) is 5.91 Å². The van der Waals surface area contributed by atoms with Crippen molar-refractivity contribution in [3.05, 3.63) is 21.4 Å². The van der Waals surface area contributed by atoms with Crippen molar-refractivity contribution >= 4 is 33.2 Å². The third kappa shape index (κ3) is 4.26. The standard InChI is InChI=1S/C12H18BrNOS/c1-9-8-11(16-10(9)2)12(15)14-7-5-3-4-6-13/h8H,3-7H2,1-2H3,(H,14,15). The molecule has 90 valence electrons. The zero-order valence-electron chi connectivity index (χ0n) is 9.81. The number of thiophene rings is 1. The number of nitrogens with one attached hydrogen (secondary N) is 1. The molecule has 0 spiro atoms. The third-order valence-corrected chi connectivity index (χ3v) is 4.20. The van der Waals surface area contributed by atoms with E-state index < -0.39 is 0 Å². The average Bonchev–Trinajstić information content (AvgIpc) is 2.59. The van der Waals surface area contributed by atoms with Gasteiger partial charge in [0.05, 0.1) is 4.88 Å². The maximum Gasteiger partial charge on any atom is 0.261 e. The Balaban J connectivity index is 2.30. The molecule has 0 atom stereocenters. The molecule has 1 amide bonds. The first-order chi connectivity index (χ1) is 7.65. The van der Waals surface area contributed by atoms with Crippen LogP contribution in [0, 0.1) is 13.8 Å². The molecule has 16 heavy (non-hydrogen) atoms. The largest absolute Gasteiger partial charge is 0.351 e. The monoisotopic (exact) mass is 303 g/mol. The molecule has 0 aliphatic rings. The fourth-order valence-electron chi connectivity index (χ4n) is 1.37. The van der Waals surface area contributed by atoms with Crippen molar-refractivity contribution in [1.29, 1.82) is 0 Å². The van der Waals surface area contributed by atoms with Crippen molar-refractivity contribution in [2.24, 2.45) is 0 Å². The minimum Gasteiger partial charge on any atom is -0.351 e. The number of amides is 1.